The van der Waals surface area contributed by atoms with Crippen molar-refractivity contribution in [2.45, 2.75) is 38.8 Å². The molecule has 0 bridgehead atoms. The molecule has 2 amide bonds. The van der Waals surface area contributed by atoms with Gasteiger partial charge in [-0.15, -0.1) is 0 Å². The van der Waals surface area contributed by atoms with Gasteiger partial charge >= 0.3 is 6.03 Å². The molecule has 1 aliphatic rings. The van der Waals surface area contributed by atoms with Gasteiger partial charge in [0, 0.05) is 43.6 Å². The molecule has 1 fully saturated rings. The third kappa shape index (κ3) is 4.10. The topological polar surface area (TPSA) is 74.5 Å². The van der Waals surface area contributed by atoms with E-state index in [1.807, 2.05) is 48.3 Å². The molecule has 3 aromatic rings. The van der Waals surface area contributed by atoms with E-state index in [0.29, 0.717) is 28.9 Å². The van der Waals surface area contributed by atoms with E-state index in [4.69, 9.17) is 4.42 Å². The Morgan fingerprint density at radius 1 is 1.34 bits per heavy atom. The van der Waals surface area contributed by atoms with Crippen LogP contribution in [-0.4, -0.2) is 58.0 Å². The fourth-order valence-electron chi connectivity index (χ4n) is 4.00. The Hall–Kier alpha value is -2.93. The molecule has 0 spiro atoms. The fourth-order valence-corrected chi connectivity index (χ4v) is 4.00. The molecule has 0 aliphatic carbocycles. The lowest BCUT2D eigenvalue weighted by Gasteiger charge is -2.40. The number of carbonyl (C=O) groups excluding carboxylic acids is 1. The number of fused-ring (bicyclic) bond motifs is 1. The van der Waals surface area contributed by atoms with Crippen LogP contribution in [0, 0.1) is 0 Å². The largest absolute Gasteiger partial charge is 0.435 e. The Morgan fingerprint density at radius 3 is 2.93 bits per heavy atom. The molecular formula is C22H27N5O2. The number of likely N-dealkylation sites (tertiary alicyclic amines) is 1. The van der Waals surface area contributed by atoms with E-state index >= 15 is 0 Å². The highest BCUT2D eigenvalue weighted by Crippen LogP contribution is 2.26. The number of anilines is 1. The number of nitrogens with one attached hydrogen (secondary N) is 1. The lowest BCUT2D eigenvalue weighted by Crippen LogP contribution is -2.50. The number of aromatic nitrogens is 2. The molecule has 1 saturated heterocycles. The first-order valence-corrected chi connectivity index (χ1v) is 10.1. The molecule has 29 heavy (non-hydrogen) atoms. The lowest BCUT2D eigenvalue weighted by atomic mass is 9.97. The van der Waals surface area contributed by atoms with Crippen LogP contribution in [0.3, 0.4) is 0 Å². The number of pyridine rings is 1. The van der Waals surface area contributed by atoms with Crippen molar-refractivity contribution >= 4 is 22.8 Å². The summed E-state index contributed by atoms with van der Waals surface area (Å²) >= 11 is 0. The van der Waals surface area contributed by atoms with E-state index in [2.05, 4.69) is 34.0 Å². The predicted octanol–water partition coefficient (Wildman–Crippen LogP) is 4.23. The van der Waals surface area contributed by atoms with Crippen LogP contribution in [0.15, 0.2) is 47.0 Å². The summed E-state index contributed by atoms with van der Waals surface area (Å²) in [6.07, 6.45) is 3.69. The third-order valence-corrected chi connectivity index (χ3v) is 5.78. The molecule has 7 nitrogen and oxygen atoms in total. The van der Waals surface area contributed by atoms with Crippen LogP contribution in [-0.2, 0) is 0 Å². The second-order valence-corrected chi connectivity index (χ2v) is 7.61. The van der Waals surface area contributed by atoms with E-state index in [1.165, 1.54) is 0 Å². The van der Waals surface area contributed by atoms with Crippen LogP contribution in [0.5, 0.6) is 0 Å². The maximum atomic E-state index is 12.8. The predicted molar refractivity (Wildman–Crippen MR) is 114 cm³/mol. The van der Waals surface area contributed by atoms with Gasteiger partial charge in [-0.25, -0.2) is 9.78 Å². The van der Waals surface area contributed by atoms with E-state index in [1.54, 1.807) is 6.20 Å². The first-order chi connectivity index (χ1) is 14.0. The summed E-state index contributed by atoms with van der Waals surface area (Å²) in [5, 5.41) is 2.99. The zero-order chi connectivity index (χ0) is 20.4. The highest BCUT2D eigenvalue weighted by Gasteiger charge is 2.29. The summed E-state index contributed by atoms with van der Waals surface area (Å²) < 4.78 is 5.85. The maximum absolute atomic E-state index is 12.8. The Kier molecular flexibility index (Phi) is 5.49. The monoisotopic (exact) mass is 393 g/mol. The van der Waals surface area contributed by atoms with E-state index in [-0.39, 0.29) is 12.1 Å². The van der Waals surface area contributed by atoms with Crippen molar-refractivity contribution in [3.8, 4) is 11.6 Å². The highest BCUT2D eigenvalue weighted by atomic mass is 16.3. The van der Waals surface area contributed by atoms with Crippen LogP contribution in [0.2, 0.25) is 0 Å². The number of hydrogen-bond acceptors (Lipinski definition) is 5. The molecule has 1 N–H and O–H groups in total. The van der Waals surface area contributed by atoms with Crippen molar-refractivity contribution in [1.29, 1.82) is 0 Å². The first kappa shape index (κ1) is 19.4. The van der Waals surface area contributed by atoms with Crippen LogP contribution in [0.25, 0.3) is 22.7 Å². The summed E-state index contributed by atoms with van der Waals surface area (Å²) in [6, 6.07) is 11.7. The average molecular weight is 393 g/mol. The van der Waals surface area contributed by atoms with Crippen LogP contribution < -0.4 is 5.32 Å². The van der Waals surface area contributed by atoms with Crippen molar-refractivity contribution in [3.05, 3.63) is 42.6 Å². The zero-order valence-corrected chi connectivity index (χ0v) is 17.1. The molecule has 2 unspecified atom stereocenters. The Labute approximate surface area is 170 Å². The number of hydrogen-bond donors (Lipinski definition) is 1. The number of amides is 2. The molecule has 7 heteroatoms. The minimum atomic E-state index is -0.101. The molecule has 1 aliphatic heterocycles. The molecule has 4 rings (SSSR count). The first-order valence-electron chi connectivity index (χ1n) is 10.1. The standard InChI is InChI=1S/C22H27N5O2/c1-4-27-12-10-17(13-15(27)2)26(3)22(28)24-16-8-9-18-20(14-16)29-21(25-18)19-7-5-6-11-23-19/h5-9,11,14-15,17H,4,10,12-13H2,1-3H3,(H,24,28). The highest BCUT2D eigenvalue weighted by molar-refractivity contribution is 5.92. The normalized spacial score (nSPS) is 20.0. The number of urea groups is 1. The summed E-state index contributed by atoms with van der Waals surface area (Å²) in [6.45, 7) is 6.51. The number of oxazole rings is 1. The maximum Gasteiger partial charge on any atom is 0.321 e. The Balaban J connectivity index is 1.45. The molecular weight excluding hydrogens is 366 g/mol. The lowest BCUT2D eigenvalue weighted by molar-refractivity contribution is 0.104. The van der Waals surface area contributed by atoms with E-state index in [0.717, 1.165) is 31.4 Å². The van der Waals surface area contributed by atoms with Gasteiger partial charge in [0.2, 0.25) is 5.89 Å². The fraction of sp³-hybridized carbons (Fsp3) is 0.409. The molecule has 1 aromatic carbocycles. The van der Waals surface area contributed by atoms with Crippen LogP contribution in [0.1, 0.15) is 26.7 Å². The number of benzene rings is 1. The smallest absolute Gasteiger partial charge is 0.321 e. The van der Waals surface area contributed by atoms with Crippen molar-refractivity contribution < 1.29 is 9.21 Å². The van der Waals surface area contributed by atoms with Gasteiger partial charge in [0.25, 0.3) is 0 Å². The molecule has 152 valence electrons. The van der Waals surface area contributed by atoms with Crippen molar-refractivity contribution in [2.75, 3.05) is 25.5 Å². The molecule has 2 aromatic heterocycles. The second-order valence-electron chi connectivity index (χ2n) is 7.61. The van der Waals surface area contributed by atoms with Crippen molar-refractivity contribution in [1.82, 2.24) is 19.8 Å². The number of rotatable bonds is 4. The Bertz CT molecular complexity index is 987. The Morgan fingerprint density at radius 2 is 2.21 bits per heavy atom. The molecule has 3 heterocycles. The van der Waals surface area contributed by atoms with Gasteiger partial charge in [-0.1, -0.05) is 13.0 Å². The van der Waals surface area contributed by atoms with Gasteiger partial charge in [0.1, 0.15) is 11.2 Å². The number of carbonyl (C=O) groups is 1. The number of nitrogens with zero attached hydrogens (tertiary/aromatic N) is 4. The van der Waals surface area contributed by atoms with Crippen molar-refractivity contribution in [2.24, 2.45) is 0 Å². The summed E-state index contributed by atoms with van der Waals surface area (Å²) in [4.78, 5) is 25.8. The summed E-state index contributed by atoms with van der Waals surface area (Å²) in [5.41, 5.74) is 2.73. The minimum absolute atomic E-state index is 0.101. The van der Waals surface area contributed by atoms with Crippen LogP contribution >= 0.6 is 0 Å². The van der Waals surface area contributed by atoms with E-state index < -0.39 is 0 Å². The van der Waals surface area contributed by atoms with Gasteiger partial charge < -0.3 is 19.5 Å². The van der Waals surface area contributed by atoms with Gasteiger partial charge in [-0.2, -0.15) is 0 Å². The third-order valence-electron chi connectivity index (χ3n) is 5.78. The average Bonchev–Trinajstić information content (AvgIpc) is 3.17. The van der Waals surface area contributed by atoms with Crippen molar-refractivity contribution in [3.63, 3.8) is 0 Å². The van der Waals surface area contributed by atoms with Gasteiger partial charge in [-0.3, -0.25) is 4.98 Å². The summed E-state index contributed by atoms with van der Waals surface area (Å²) in [7, 11) is 1.88. The van der Waals surface area contributed by atoms with Crippen LogP contribution in [0.4, 0.5) is 10.5 Å². The van der Waals surface area contributed by atoms with E-state index in [9.17, 15) is 4.79 Å². The zero-order valence-electron chi connectivity index (χ0n) is 17.1. The van der Waals surface area contributed by atoms with Gasteiger partial charge in [-0.05, 0) is 50.6 Å². The van der Waals surface area contributed by atoms with Gasteiger partial charge in [0.15, 0.2) is 5.58 Å². The number of piperidine rings is 1. The SMILES string of the molecule is CCN1CCC(N(C)C(=O)Nc2ccc3nc(-c4ccccn4)oc3c2)CC1C. The molecule has 0 radical (unpaired) electrons. The minimum Gasteiger partial charge on any atom is -0.435 e. The molecule has 2 atom stereocenters. The molecule has 0 saturated carbocycles. The second kappa shape index (κ2) is 8.21. The quantitative estimate of drug-likeness (QED) is 0.718. The summed E-state index contributed by atoms with van der Waals surface area (Å²) in [5.74, 6) is 0.470. The van der Waals surface area contributed by atoms with Gasteiger partial charge in [0.05, 0.1) is 0 Å².